The lowest BCUT2D eigenvalue weighted by molar-refractivity contribution is 0.0272. The minimum absolute atomic E-state index is 0.0732. The van der Waals surface area contributed by atoms with Crippen LogP contribution in [0.15, 0.2) is 11.9 Å². The summed E-state index contributed by atoms with van der Waals surface area (Å²) in [5.74, 6) is 0.974. The molecule has 0 saturated carbocycles. The minimum atomic E-state index is -3.72. The average molecular weight is 240 g/mol. The van der Waals surface area contributed by atoms with Gasteiger partial charge in [0, 0.05) is 20.0 Å². The van der Waals surface area contributed by atoms with Gasteiger partial charge in [0.1, 0.15) is 12.2 Å². The SMILES string of the molecule is CO[C@H]1[C@@H](F)CO[C@@H]1/C=C/P(=O)(O)OC. The molecule has 1 aliphatic heterocycles. The summed E-state index contributed by atoms with van der Waals surface area (Å²) in [6, 6.07) is 0. The molecule has 1 unspecified atom stereocenters. The molecule has 4 atom stereocenters. The van der Waals surface area contributed by atoms with Crippen LogP contribution in [0.4, 0.5) is 4.39 Å². The summed E-state index contributed by atoms with van der Waals surface area (Å²) >= 11 is 0. The van der Waals surface area contributed by atoms with Crippen LogP contribution in [-0.2, 0) is 18.6 Å². The molecule has 0 aromatic carbocycles. The number of hydrogen-bond donors (Lipinski definition) is 1. The fourth-order valence-electron chi connectivity index (χ4n) is 1.30. The molecule has 88 valence electrons. The second-order valence-electron chi connectivity index (χ2n) is 3.10. The van der Waals surface area contributed by atoms with Gasteiger partial charge in [0.25, 0.3) is 0 Å². The zero-order valence-electron chi connectivity index (χ0n) is 8.50. The van der Waals surface area contributed by atoms with Crippen molar-refractivity contribution >= 4 is 7.60 Å². The molecule has 1 fully saturated rings. The van der Waals surface area contributed by atoms with Crippen LogP contribution in [-0.4, -0.2) is 44.1 Å². The standard InChI is InChI=1S/C8H14FO5P/c1-12-8-6(9)5-14-7(8)3-4-15(10,11)13-2/h3-4,6-8H,5H2,1-2H3,(H,10,11)/b4-3+/t6-,7+,8-/m0/s1. The maximum atomic E-state index is 13.1. The molecule has 0 aliphatic carbocycles. The second kappa shape index (κ2) is 5.18. The molecular weight excluding hydrogens is 226 g/mol. The van der Waals surface area contributed by atoms with Gasteiger partial charge in [-0.2, -0.15) is 0 Å². The molecule has 0 bridgehead atoms. The van der Waals surface area contributed by atoms with Gasteiger partial charge < -0.3 is 18.9 Å². The first-order chi connectivity index (χ1) is 7.00. The molecule has 1 N–H and O–H groups in total. The van der Waals surface area contributed by atoms with E-state index < -0.39 is 26.0 Å². The summed E-state index contributed by atoms with van der Waals surface area (Å²) in [6.45, 7) is -0.0732. The van der Waals surface area contributed by atoms with Gasteiger partial charge in [-0.25, -0.2) is 4.39 Å². The third kappa shape index (κ3) is 3.36. The Balaban J connectivity index is 2.62. The van der Waals surface area contributed by atoms with Crippen LogP contribution in [0.3, 0.4) is 0 Å². The topological polar surface area (TPSA) is 65.0 Å². The molecule has 1 saturated heterocycles. The Kier molecular flexibility index (Phi) is 4.43. The van der Waals surface area contributed by atoms with E-state index in [1.54, 1.807) is 0 Å². The zero-order chi connectivity index (χ0) is 11.5. The maximum absolute atomic E-state index is 13.1. The highest BCUT2D eigenvalue weighted by Crippen LogP contribution is 2.42. The van der Waals surface area contributed by atoms with Crippen molar-refractivity contribution in [1.82, 2.24) is 0 Å². The van der Waals surface area contributed by atoms with Crippen LogP contribution < -0.4 is 0 Å². The summed E-state index contributed by atoms with van der Waals surface area (Å²) < 4.78 is 38.4. The van der Waals surface area contributed by atoms with Crippen LogP contribution in [0.2, 0.25) is 0 Å². The lowest BCUT2D eigenvalue weighted by Crippen LogP contribution is -2.28. The number of hydrogen-bond acceptors (Lipinski definition) is 4. The van der Waals surface area contributed by atoms with E-state index in [9.17, 15) is 8.96 Å². The normalized spacial score (nSPS) is 35.9. The Morgan fingerprint density at radius 2 is 2.27 bits per heavy atom. The summed E-state index contributed by atoms with van der Waals surface area (Å²) in [4.78, 5) is 9.06. The Hall–Kier alpha value is -0.260. The first kappa shape index (κ1) is 12.8. The lowest BCUT2D eigenvalue weighted by Gasteiger charge is -2.14. The molecule has 1 aliphatic rings. The van der Waals surface area contributed by atoms with Gasteiger partial charge >= 0.3 is 7.60 Å². The van der Waals surface area contributed by atoms with Crippen molar-refractivity contribution in [3.05, 3.63) is 11.9 Å². The van der Waals surface area contributed by atoms with Crippen LogP contribution >= 0.6 is 7.60 Å². The molecule has 7 heteroatoms. The number of ether oxygens (including phenoxy) is 2. The van der Waals surface area contributed by atoms with E-state index in [1.807, 2.05) is 0 Å². The van der Waals surface area contributed by atoms with Crippen LogP contribution in [0.25, 0.3) is 0 Å². The van der Waals surface area contributed by atoms with Gasteiger partial charge in [-0.3, -0.25) is 4.57 Å². The van der Waals surface area contributed by atoms with E-state index in [0.29, 0.717) is 0 Å². The van der Waals surface area contributed by atoms with Gasteiger partial charge in [0.05, 0.1) is 6.61 Å². The third-order valence-electron chi connectivity index (χ3n) is 2.13. The molecular formula is C8H14FO5P. The van der Waals surface area contributed by atoms with Crippen molar-refractivity contribution < 1.29 is 27.8 Å². The predicted octanol–water partition coefficient (Wildman–Crippen LogP) is 1.08. The van der Waals surface area contributed by atoms with Gasteiger partial charge in [-0.15, -0.1) is 0 Å². The molecule has 0 spiro atoms. The highest BCUT2D eigenvalue weighted by molar-refractivity contribution is 7.56. The van der Waals surface area contributed by atoms with Crippen molar-refractivity contribution in [3.8, 4) is 0 Å². The molecule has 5 nitrogen and oxygen atoms in total. The molecule has 15 heavy (non-hydrogen) atoms. The van der Waals surface area contributed by atoms with Crippen molar-refractivity contribution in [3.63, 3.8) is 0 Å². The van der Waals surface area contributed by atoms with Gasteiger partial charge in [0.15, 0.2) is 6.17 Å². The Bertz CT molecular complexity index is 282. The lowest BCUT2D eigenvalue weighted by atomic mass is 10.2. The Morgan fingerprint density at radius 3 is 2.80 bits per heavy atom. The monoisotopic (exact) mass is 240 g/mol. The van der Waals surface area contributed by atoms with E-state index in [0.717, 1.165) is 12.9 Å². The van der Waals surface area contributed by atoms with Gasteiger partial charge in [-0.1, -0.05) is 0 Å². The highest BCUT2D eigenvalue weighted by atomic mass is 31.2. The van der Waals surface area contributed by atoms with Crippen LogP contribution in [0.1, 0.15) is 0 Å². The Morgan fingerprint density at radius 1 is 1.60 bits per heavy atom. The van der Waals surface area contributed by atoms with Gasteiger partial charge in [-0.05, 0) is 6.08 Å². The summed E-state index contributed by atoms with van der Waals surface area (Å²) in [5, 5.41) is 0. The second-order valence-corrected chi connectivity index (χ2v) is 4.89. The van der Waals surface area contributed by atoms with Gasteiger partial charge in [0.2, 0.25) is 0 Å². The quantitative estimate of drug-likeness (QED) is 0.745. The molecule has 0 aromatic heterocycles. The van der Waals surface area contributed by atoms with Crippen molar-refractivity contribution in [1.29, 1.82) is 0 Å². The predicted molar refractivity (Wildman–Crippen MR) is 51.4 cm³/mol. The summed E-state index contributed by atoms with van der Waals surface area (Å²) in [5.41, 5.74) is 0. The fraction of sp³-hybridized carbons (Fsp3) is 0.750. The fourth-order valence-corrected chi connectivity index (χ4v) is 1.81. The smallest absolute Gasteiger partial charge is 0.351 e. The van der Waals surface area contributed by atoms with E-state index >= 15 is 0 Å². The molecule has 1 heterocycles. The minimum Gasteiger partial charge on any atom is -0.375 e. The Labute approximate surface area is 87.4 Å². The summed E-state index contributed by atoms with van der Waals surface area (Å²) in [6.07, 6.45) is -1.32. The molecule has 1 rings (SSSR count). The first-order valence-electron chi connectivity index (χ1n) is 4.36. The van der Waals surface area contributed by atoms with E-state index in [4.69, 9.17) is 14.4 Å². The van der Waals surface area contributed by atoms with E-state index in [-0.39, 0.29) is 6.61 Å². The van der Waals surface area contributed by atoms with Crippen molar-refractivity contribution in [2.45, 2.75) is 18.4 Å². The van der Waals surface area contributed by atoms with Crippen LogP contribution in [0, 0.1) is 0 Å². The zero-order valence-corrected chi connectivity index (χ0v) is 9.39. The number of rotatable bonds is 4. The van der Waals surface area contributed by atoms with Crippen molar-refractivity contribution in [2.75, 3.05) is 20.8 Å². The largest absolute Gasteiger partial charge is 0.375 e. The molecule has 0 aromatic rings. The van der Waals surface area contributed by atoms with Crippen LogP contribution in [0.5, 0.6) is 0 Å². The summed E-state index contributed by atoms with van der Waals surface area (Å²) in [7, 11) is -1.24. The number of methoxy groups -OCH3 is 1. The number of halogens is 1. The molecule has 0 amide bonds. The highest BCUT2D eigenvalue weighted by Gasteiger charge is 2.36. The maximum Gasteiger partial charge on any atom is 0.351 e. The van der Waals surface area contributed by atoms with E-state index in [1.165, 1.54) is 13.2 Å². The third-order valence-corrected chi connectivity index (χ3v) is 3.20. The molecule has 0 radical (unpaired) electrons. The van der Waals surface area contributed by atoms with Crippen molar-refractivity contribution in [2.24, 2.45) is 0 Å². The average Bonchev–Trinajstić information content (AvgIpc) is 2.56. The van der Waals surface area contributed by atoms with E-state index in [2.05, 4.69) is 4.52 Å². The number of alkyl halides is 1. The first-order valence-corrected chi connectivity index (χ1v) is 6.01.